The number of hydrogen-bond acceptors (Lipinski definition) is 4. The summed E-state index contributed by atoms with van der Waals surface area (Å²) in [7, 11) is 0. The Morgan fingerprint density at radius 3 is 2.52 bits per heavy atom. The third-order valence-corrected chi connectivity index (χ3v) is 4.43. The molecule has 4 heteroatoms. The van der Waals surface area contributed by atoms with E-state index in [2.05, 4.69) is 25.9 Å². The van der Waals surface area contributed by atoms with Crippen LogP contribution in [0.5, 0.6) is 0 Å². The quantitative estimate of drug-likeness (QED) is 0.610. The molecule has 1 saturated carbocycles. The summed E-state index contributed by atoms with van der Waals surface area (Å²) in [5.41, 5.74) is -0.764. The lowest BCUT2D eigenvalue weighted by atomic mass is 9.71. The summed E-state index contributed by atoms with van der Waals surface area (Å²) in [5, 5.41) is 3.30. The number of benzene rings is 1. The van der Waals surface area contributed by atoms with Crippen LogP contribution in [-0.4, -0.2) is 11.7 Å². The fraction of sp³-hybridized carbons (Fsp3) is 0.588. The van der Waals surface area contributed by atoms with Crippen LogP contribution in [0, 0.1) is 22.7 Å². The number of carbonyl (C=O) groups excluding carboxylic acids is 1. The van der Waals surface area contributed by atoms with Crippen molar-refractivity contribution in [1.29, 1.82) is 0 Å². The molecule has 1 aliphatic carbocycles. The van der Waals surface area contributed by atoms with Crippen LogP contribution in [0.25, 0.3) is 0 Å². The van der Waals surface area contributed by atoms with Gasteiger partial charge >= 0.3 is 5.97 Å². The van der Waals surface area contributed by atoms with E-state index in [9.17, 15) is 9.70 Å². The number of nitrogens with zero attached hydrogens (tertiary/aromatic N) is 1. The monoisotopic (exact) mass is 289 g/mol. The first-order valence-electron chi connectivity index (χ1n) is 7.61. The molecule has 114 valence electrons. The topological polar surface area (TPSA) is 55.7 Å². The molecule has 1 fully saturated rings. The average Bonchev–Trinajstić information content (AvgIpc) is 2.47. The van der Waals surface area contributed by atoms with Gasteiger partial charge in [0.25, 0.3) is 0 Å². The Morgan fingerprint density at radius 1 is 1.29 bits per heavy atom. The second-order valence-corrected chi connectivity index (χ2v) is 6.43. The third kappa shape index (κ3) is 3.31. The molecule has 0 aliphatic heterocycles. The lowest BCUT2D eigenvalue weighted by molar-refractivity contribution is -0.0909. The summed E-state index contributed by atoms with van der Waals surface area (Å²) in [6, 6.07) is 8.78. The van der Waals surface area contributed by atoms with Crippen molar-refractivity contribution >= 4 is 5.97 Å². The van der Waals surface area contributed by atoms with Crippen LogP contribution >= 0.6 is 0 Å². The molecule has 4 nitrogen and oxygen atoms in total. The van der Waals surface area contributed by atoms with Gasteiger partial charge in [0.1, 0.15) is 0 Å². The van der Waals surface area contributed by atoms with E-state index in [1.165, 1.54) is 0 Å². The number of ether oxygens (including phenoxy) is 1. The van der Waals surface area contributed by atoms with Crippen molar-refractivity contribution in [2.24, 2.45) is 22.9 Å². The number of rotatable bonds is 4. The Hall–Kier alpha value is -1.71. The number of carbonyl (C=O) groups is 1. The van der Waals surface area contributed by atoms with Crippen molar-refractivity contribution in [2.75, 3.05) is 0 Å². The van der Waals surface area contributed by atoms with Crippen molar-refractivity contribution < 1.29 is 9.53 Å². The highest BCUT2D eigenvalue weighted by Crippen LogP contribution is 2.44. The summed E-state index contributed by atoms with van der Waals surface area (Å²) in [6.45, 7) is 6.18. The molecule has 2 rings (SSSR count). The zero-order valence-corrected chi connectivity index (χ0v) is 12.9. The van der Waals surface area contributed by atoms with E-state index in [-0.39, 0.29) is 11.8 Å². The van der Waals surface area contributed by atoms with Crippen molar-refractivity contribution in [2.45, 2.75) is 45.8 Å². The molecule has 0 N–H and O–H groups in total. The molecule has 21 heavy (non-hydrogen) atoms. The molecule has 0 saturated heterocycles. The first kappa shape index (κ1) is 15.7. The SMILES string of the molecule is CC(C)[C@@H]1CC[C@@H](C)C[C@@]1(N=O)OC(=O)c1ccccc1. The summed E-state index contributed by atoms with van der Waals surface area (Å²) < 4.78 is 5.64. The Morgan fingerprint density at radius 2 is 1.95 bits per heavy atom. The minimum atomic E-state index is -1.22. The minimum absolute atomic E-state index is 0.0149. The first-order chi connectivity index (χ1) is 9.98. The van der Waals surface area contributed by atoms with Gasteiger partial charge in [0.05, 0.1) is 5.56 Å². The predicted molar refractivity (Wildman–Crippen MR) is 81.7 cm³/mol. The maximum absolute atomic E-state index is 12.3. The fourth-order valence-corrected chi connectivity index (χ4v) is 3.33. The zero-order valence-electron chi connectivity index (χ0n) is 12.9. The second kappa shape index (κ2) is 6.37. The lowest BCUT2D eigenvalue weighted by Crippen LogP contribution is -2.47. The molecular weight excluding hydrogens is 266 g/mol. The molecular formula is C17H23NO3. The molecule has 0 heterocycles. The van der Waals surface area contributed by atoms with Gasteiger partial charge in [-0.15, -0.1) is 4.91 Å². The van der Waals surface area contributed by atoms with E-state index < -0.39 is 11.7 Å². The number of nitroso groups, excluding NO2 is 1. The highest BCUT2D eigenvalue weighted by Gasteiger charge is 2.49. The molecule has 0 amide bonds. The summed E-state index contributed by atoms with van der Waals surface area (Å²) in [6.07, 6.45) is 2.42. The van der Waals surface area contributed by atoms with Crippen molar-refractivity contribution in [3.63, 3.8) is 0 Å². The Balaban J connectivity index is 2.26. The normalized spacial score (nSPS) is 29.1. The van der Waals surface area contributed by atoms with E-state index in [0.717, 1.165) is 12.8 Å². The van der Waals surface area contributed by atoms with E-state index in [4.69, 9.17) is 4.74 Å². The van der Waals surface area contributed by atoms with Crippen LogP contribution < -0.4 is 0 Å². The predicted octanol–water partition coefficient (Wildman–Crippen LogP) is 4.40. The summed E-state index contributed by atoms with van der Waals surface area (Å²) in [5.74, 6) is 0.105. The molecule has 0 aromatic heterocycles. The smallest absolute Gasteiger partial charge is 0.340 e. The third-order valence-electron chi connectivity index (χ3n) is 4.43. The van der Waals surface area contributed by atoms with Crippen LogP contribution in [0.15, 0.2) is 35.5 Å². The number of hydrogen-bond donors (Lipinski definition) is 0. The molecule has 1 aromatic carbocycles. The Kier molecular flexibility index (Phi) is 4.76. The van der Waals surface area contributed by atoms with Crippen LogP contribution in [0.2, 0.25) is 0 Å². The molecule has 0 spiro atoms. The van der Waals surface area contributed by atoms with Gasteiger partial charge in [-0.3, -0.25) is 0 Å². The van der Waals surface area contributed by atoms with Gasteiger partial charge in [-0.2, -0.15) is 0 Å². The Labute approximate surface area is 125 Å². The van der Waals surface area contributed by atoms with Gasteiger partial charge in [-0.1, -0.05) is 39.0 Å². The average molecular weight is 289 g/mol. The van der Waals surface area contributed by atoms with Crippen LogP contribution in [0.4, 0.5) is 0 Å². The van der Waals surface area contributed by atoms with Crippen LogP contribution in [0.3, 0.4) is 0 Å². The molecule has 1 aliphatic rings. The van der Waals surface area contributed by atoms with Gasteiger partial charge in [0.2, 0.25) is 5.72 Å². The number of esters is 1. The minimum Gasteiger partial charge on any atom is -0.430 e. The Bertz CT molecular complexity index is 500. The maximum Gasteiger partial charge on any atom is 0.340 e. The van der Waals surface area contributed by atoms with Crippen molar-refractivity contribution in [3.05, 3.63) is 40.8 Å². The van der Waals surface area contributed by atoms with Gasteiger partial charge in [0.15, 0.2) is 0 Å². The van der Waals surface area contributed by atoms with Crippen molar-refractivity contribution in [3.8, 4) is 0 Å². The first-order valence-corrected chi connectivity index (χ1v) is 7.61. The van der Waals surface area contributed by atoms with Crippen molar-refractivity contribution in [1.82, 2.24) is 0 Å². The maximum atomic E-state index is 12.3. The zero-order chi connectivity index (χ0) is 15.5. The van der Waals surface area contributed by atoms with Gasteiger partial charge < -0.3 is 4.74 Å². The summed E-state index contributed by atoms with van der Waals surface area (Å²) in [4.78, 5) is 23.9. The molecule has 0 bridgehead atoms. The standard InChI is InChI=1S/C17H23NO3/c1-12(2)15-10-9-13(3)11-17(15,18-20)21-16(19)14-7-5-4-6-8-14/h4-8,12-13,15H,9-11H2,1-3H3/t13-,15+,17-/m1/s1. The van der Waals surface area contributed by atoms with Gasteiger partial charge in [0, 0.05) is 12.3 Å². The highest BCUT2D eigenvalue weighted by molar-refractivity contribution is 5.89. The second-order valence-electron chi connectivity index (χ2n) is 6.43. The van der Waals surface area contributed by atoms with Gasteiger partial charge in [-0.25, -0.2) is 4.79 Å². The van der Waals surface area contributed by atoms with E-state index in [1.807, 2.05) is 6.07 Å². The summed E-state index contributed by atoms with van der Waals surface area (Å²) >= 11 is 0. The van der Waals surface area contributed by atoms with E-state index >= 15 is 0 Å². The lowest BCUT2D eigenvalue weighted by Gasteiger charge is -2.42. The fourth-order valence-electron chi connectivity index (χ4n) is 3.33. The van der Waals surface area contributed by atoms with Gasteiger partial charge in [-0.05, 0) is 42.0 Å². The van der Waals surface area contributed by atoms with E-state index in [1.54, 1.807) is 24.3 Å². The largest absolute Gasteiger partial charge is 0.430 e. The molecule has 0 unspecified atom stereocenters. The van der Waals surface area contributed by atoms with E-state index in [0.29, 0.717) is 17.9 Å². The van der Waals surface area contributed by atoms with Crippen LogP contribution in [-0.2, 0) is 4.74 Å². The molecule has 1 aromatic rings. The van der Waals surface area contributed by atoms with Crippen LogP contribution in [0.1, 0.15) is 50.4 Å². The highest BCUT2D eigenvalue weighted by atomic mass is 16.6. The molecule has 0 radical (unpaired) electrons. The molecule has 3 atom stereocenters.